The monoisotopic (exact) mass is 435 g/mol. The van der Waals surface area contributed by atoms with Gasteiger partial charge in [-0.3, -0.25) is 0 Å². The summed E-state index contributed by atoms with van der Waals surface area (Å²) >= 11 is 12.5. The van der Waals surface area contributed by atoms with Crippen LogP contribution < -0.4 is 10.2 Å². The van der Waals surface area contributed by atoms with Crippen LogP contribution in [-0.4, -0.2) is 26.1 Å². The molecule has 0 radical (unpaired) electrons. The number of hydrogen-bond acceptors (Lipinski definition) is 4. The minimum absolute atomic E-state index is 0.0152. The van der Waals surface area contributed by atoms with Gasteiger partial charge >= 0.3 is 6.61 Å². The number of benzene rings is 2. The molecule has 0 bridgehead atoms. The highest BCUT2D eigenvalue weighted by molar-refractivity contribution is 6.36. The van der Waals surface area contributed by atoms with Gasteiger partial charge in [0.05, 0.1) is 24.9 Å². The lowest BCUT2D eigenvalue weighted by molar-refractivity contribution is -0.0498. The molecule has 0 saturated heterocycles. The summed E-state index contributed by atoms with van der Waals surface area (Å²) < 4.78 is 31.0. The van der Waals surface area contributed by atoms with Gasteiger partial charge < -0.3 is 14.3 Å². The molecule has 6 nitrogen and oxygen atoms in total. The largest absolute Gasteiger partial charge is 0.435 e. The molecule has 10 heteroatoms. The fraction of sp³-hybridized carbons (Fsp3) is 0.105. The molecule has 0 atom stereocenters. The van der Waals surface area contributed by atoms with E-state index < -0.39 is 6.61 Å². The number of aromatic nitrogens is 4. The van der Waals surface area contributed by atoms with E-state index in [0.29, 0.717) is 38.9 Å². The lowest BCUT2D eigenvalue weighted by atomic mass is 10.2. The standard InChI is InChI=1S/C19H13Cl2F2N5O/c20-14-5-2-6-15(21)13(14)8-28-10-26-17(16-18(28)25-9-24-16)27-11-3-1-4-12(7-11)29-19(22)23/h1-7,9-10,19H,8H2,(H,24,25). The molecule has 0 amide bonds. The molecular formula is C19H13Cl2F2N5O. The smallest absolute Gasteiger partial charge is 0.387 e. The fourth-order valence-electron chi connectivity index (χ4n) is 2.82. The van der Waals surface area contributed by atoms with Crippen molar-refractivity contribution in [1.29, 1.82) is 0 Å². The van der Waals surface area contributed by atoms with Crippen molar-refractivity contribution in [2.24, 2.45) is 4.99 Å². The van der Waals surface area contributed by atoms with E-state index in [0.717, 1.165) is 5.56 Å². The molecular weight excluding hydrogens is 423 g/mol. The minimum Gasteiger partial charge on any atom is -0.435 e. The first-order valence-corrected chi connectivity index (χ1v) is 9.18. The topological polar surface area (TPSA) is 68.1 Å². The summed E-state index contributed by atoms with van der Waals surface area (Å²) in [6.45, 7) is -2.54. The normalized spacial score (nSPS) is 12.1. The van der Waals surface area contributed by atoms with Gasteiger partial charge in [-0.15, -0.1) is 0 Å². The predicted octanol–water partition coefficient (Wildman–Crippen LogP) is 4.95. The highest BCUT2D eigenvalue weighted by Crippen LogP contribution is 2.26. The van der Waals surface area contributed by atoms with Crippen molar-refractivity contribution in [3.63, 3.8) is 0 Å². The highest BCUT2D eigenvalue weighted by atomic mass is 35.5. The number of rotatable bonds is 5. The Morgan fingerprint density at radius 1 is 1.10 bits per heavy atom. The zero-order valence-corrected chi connectivity index (χ0v) is 16.2. The van der Waals surface area contributed by atoms with Gasteiger partial charge in [0.25, 0.3) is 0 Å². The van der Waals surface area contributed by atoms with E-state index in [1.165, 1.54) is 18.5 Å². The summed E-state index contributed by atoms with van der Waals surface area (Å²) in [6.07, 6.45) is 3.09. The van der Waals surface area contributed by atoms with Gasteiger partial charge in [-0.05, 0) is 24.3 Å². The minimum atomic E-state index is -2.91. The maximum Gasteiger partial charge on any atom is 0.387 e. The predicted molar refractivity (Wildman–Crippen MR) is 106 cm³/mol. The Kier molecular flexibility index (Phi) is 5.46. The van der Waals surface area contributed by atoms with Gasteiger partial charge in [0.2, 0.25) is 0 Å². The SMILES string of the molecule is FC(F)Oc1cccc(N=c2ncn(Cc3c(Cl)cccc3Cl)c3nc[nH]c23)c1. The van der Waals surface area contributed by atoms with Crippen LogP contribution in [0.2, 0.25) is 10.0 Å². The Bertz CT molecular complexity index is 1220. The molecule has 2 heterocycles. The van der Waals surface area contributed by atoms with E-state index >= 15 is 0 Å². The first-order valence-electron chi connectivity index (χ1n) is 8.42. The average Bonchev–Trinajstić information content (AvgIpc) is 3.17. The van der Waals surface area contributed by atoms with Crippen molar-refractivity contribution in [1.82, 2.24) is 19.5 Å². The van der Waals surface area contributed by atoms with Crippen LogP contribution in [0.5, 0.6) is 5.75 Å². The van der Waals surface area contributed by atoms with Crippen molar-refractivity contribution < 1.29 is 13.5 Å². The molecule has 0 unspecified atom stereocenters. The van der Waals surface area contributed by atoms with Gasteiger partial charge in [-0.2, -0.15) is 8.78 Å². The molecule has 4 aromatic rings. The molecule has 0 saturated carbocycles. The van der Waals surface area contributed by atoms with E-state index in [4.69, 9.17) is 23.2 Å². The van der Waals surface area contributed by atoms with Crippen molar-refractivity contribution in [2.75, 3.05) is 0 Å². The third-order valence-corrected chi connectivity index (χ3v) is 4.81. The maximum atomic E-state index is 12.4. The number of halogens is 4. The van der Waals surface area contributed by atoms with Crippen LogP contribution in [0.3, 0.4) is 0 Å². The molecule has 29 heavy (non-hydrogen) atoms. The molecule has 0 spiro atoms. The fourth-order valence-corrected chi connectivity index (χ4v) is 3.34. The van der Waals surface area contributed by atoms with Crippen LogP contribution in [0, 0.1) is 0 Å². The summed E-state index contributed by atoms with van der Waals surface area (Å²) in [5.74, 6) is 0.0152. The molecule has 0 fully saturated rings. The molecule has 1 N–H and O–H groups in total. The number of hydrogen-bond donors (Lipinski definition) is 1. The Labute approximate surface area is 173 Å². The Hall–Kier alpha value is -2.97. The molecule has 2 aromatic carbocycles. The third-order valence-electron chi connectivity index (χ3n) is 4.10. The number of ether oxygens (including phenoxy) is 1. The molecule has 0 aliphatic carbocycles. The highest BCUT2D eigenvalue weighted by Gasteiger charge is 2.11. The summed E-state index contributed by atoms with van der Waals surface area (Å²) in [7, 11) is 0. The van der Waals surface area contributed by atoms with Gasteiger partial charge in [-0.1, -0.05) is 35.3 Å². The van der Waals surface area contributed by atoms with Crippen LogP contribution in [0.25, 0.3) is 11.2 Å². The van der Waals surface area contributed by atoms with Gasteiger partial charge in [0, 0.05) is 21.7 Å². The molecule has 0 aliphatic rings. The van der Waals surface area contributed by atoms with Crippen molar-refractivity contribution in [3.8, 4) is 5.75 Å². The number of H-pyrrole nitrogens is 1. The van der Waals surface area contributed by atoms with E-state index in [9.17, 15) is 8.78 Å². The molecule has 2 aromatic heterocycles. The first-order chi connectivity index (χ1) is 14.0. The number of fused-ring (bicyclic) bond motifs is 1. The lowest BCUT2D eigenvalue weighted by Crippen LogP contribution is -2.15. The average molecular weight is 436 g/mol. The molecule has 0 aliphatic heterocycles. The Morgan fingerprint density at radius 3 is 2.62 bits per heavy atom. The number of nitrogens with zero attached hydrogens (tertiary/aromatic N) is 4. The second-order valence-corrected chi connectivity index (χ2v) is 6.80. The van der Waals surface area contributed by atoms with Crippen LogP contribution in [-0.2, 0) is 6.54 Å². The lowest BCUT2D eigenvalue weighted by Gasteiger charge is -2.10. The second kappa shape index (κ2) is 8.18. The van der Waals surface area contributed by atoms with E-state index in [1.807, 2.05) is 0 Å². The summed E-state index contributed by atoms with van der Waals surface area (Å²) in [4.78, 5) is 16.1. The third kappa shape index (κ3) is 4.23. The van der Waals surface area contributed by atoms with E-state index in [1.54, 1.807) is 41.2 Å². The number of imidazole rings is 1. The van der Waals surface area contributed by atoms with Gasteiger partial charge in [0.1, 0.15) is 11.3 Å². The number of aromatic amines is 1. The molecule has 148 valence electrons. The summed E-state index contributed by atoms with van der Waals surface area (Å²) in [5.41, 5.74) is 2.69. The van der Waals surface area contributed by atoms with Gasteiger partial charge in [-0.25, -0.2) is 15.0 Å². The van der Waals surface area contributed by atoms with Crippen molar-refractivity contribution in [2.45, 2.75) is 13.2 Å². The zero-order chi connectivity index (χ0) is 20.4. The summed E-state index contributed by atoms with van der Waals surface area (Å²) in [6, 6.07) is 11.4. The van der Waals surface area contributed by atoms with E-state index in [-0.39, 0.29) is 5.75 Å². The zero-order valence-electron chi connectivity index (χ0n) is 14.7. The number of alkyl halides is 2. The maximum absolute atomic E-state index is 12.4. The quantitative estimate of drug-likeness (QED) is 0.482. The van der Waals surface area contributed by atoms with Crippen molar-refractivity contribution in [3.05, 3.63) is 76.2 Å². The van der Waals surface area contributed by atoms with Gasteiger partial charge in [0.15, 0.2) is 11.1 Å². The Balaban J connectivity index is 1.75. The van der Waals surface area contributed by atoms with E-state index in [2.05, 4.69) is 24.7 Å². The van der Waals surface area contributed by atoms with Crippen LogP contribution in [0.1, 0.15) is 5.56 Å². The van der Waals surface area contributed by atoms with Crippen molar-refractivity contribution >= 4 is 40.1 Å². The first kappa shape index (κ1) is 19.4. The molecule has 4 rings (SSSR count). The second-order valence-electron chi connectivity index (χ2n) is 5.99. The van der Waals surface area contributed by atoms with Crippen LogP contribution in [0.15, 0.2) is 60.1 Å². The summed E-state index contributed by atoms with van der Waals surface area (Å²) in [5, 5.41) is 1.08. The Morgan fingerprint density at radius 2 is 1.86 bits per heavy atom. The van der Waals surface area contributed by atoms with Crippen LogP contribution >= 0.6 is 23.2 Å². The van der Waals surface area contributed by atoms with Crippen LogP contribution in [0.4, 0.5) is 14.5 Å². The number of nitrogens with one attached hydrogen (secondary N) is 1.